The number of rotatable bonds is 6. The van der Waals surface area contributed by atoms with Crippen LogP contribution in [0.25, 0.3) is 0 Å². The molecule has 0 bridgehead atoms. The van der Waals surface area contributed by atoms with E-state index in [1.807, 2.05) is 30.3 Å². The van der Waals surface area contributed by atoms with E-state index in [4.69, 9.17) is 10.5 Å². The van der Waals surface area contributed by atoms with Gasteiger partial charge in [0.2, 0.25) is 11.9 Å². The Morgan fingerprint density at radius 3 is 2.36 bits per heavy atom. The van der Waals surface area contributed by atoms with Crippen molar-refractivity contribution in [1.82, 2.24) is 15.0 Å². The molecular formula is C18H17N5O4S. The van der Waals surface area contributed by atoms with Crippen LogP contribution in [0.3, 0.4) is 0 Å². The van der Waals surface area contributed by atoms with E-state index in [-0.39, 0.29) is 34.8 Å². The van der Waals surface area contributed by atoms with E-state index in [1.165, 1.54) is 24.3 Å². The molecule has 0 aliphatic heterocycles. The highest BCUT2D eigenvalue weighted by molar-refractivity contribution is 7.90. The lowest BCUT2D eigenvalue weighted by Crippen LogP contribution is -2.11. The third-order valence-electron chi connectivity index (χ3n) is 3.58. The number of benzene rings is 2. The highest BCUT2D eigenvalue weighted by atomic mass is 32.2. The molecule has 3 aromatic rings. The van der Waals surface area contributed by atoms with Gasteiger partial charge in [-0.3, -0.25) is 0 Å². The van der Waals surface area contributed by atoms with E-state index >= 15 is 0 Å². The number of sulfone groups is 1. The monoisotopic (exact) mass is 399 g/mol. The Balaban J connectivity index is 1.67. The molecule has 0 fully saturated rings. The molecule has 3 rings (SSSR count). The topological polar surface area (TPSA) is 137 Å². The molecule has 0 aliphatic carbocycles. The quantitative estimate of drug-likeness (QED) is 0.596. The predicted molar refractivity (Wildman–Crippen MR) is 103 cm³/mol. The average molecular weight is 399 g/mol. The number of ether oxygens (including phenoxy) is 1. The zero-order valence-corrected chi connectivity index (χ0v) is 15.7. The molecule has 0 radical (unpaired) electrons. The molecule has 9 nitrogen and oxygen atoms in total. The van der Waals surface area contributed by atoms with Gasteiger partial charge >= 0.3 is 5.97 Å². The average Bonchev–Trinajstić information content (AvgIpc) is 2.66. The van der Waals surface area contributed by atoms with Crippen LogP contribution >= 0.6 is 0 Å². The number of aromatic nitrogens is 3. The van der Waals surface area contributed by atoms with Gasteiger partial charge in [-0.1, -0.05) is 18.2 Å². The molecule has 0 saturated carbocycles. The smallest absolute Gasteiger partial charge is 0.338 e. The van der Waals surface area contributed by atoms with Crippen molar-refractivity contribution < 1.29 is 17.9 Å². The third kappa shape index (κ3) is 5.01. The summed E-state index contributed by atoms with van der Waals surface area (Å²) in [7, 11) is -3.34. The largest absolute Gasteiger partial charge is 0.454 e. The van der Waals surface area contributed by atoms with E-state index in [1.54, 1.807) is 0 Å². The molecule has 144 valence electrons. The molecule has 1 aromatic heterocycles. The Morgan fingerprint density at radius 1 is 1.04 bits per heavy atom. The van der Waals surface area contributed by atoms with E-state index in [0.29, 0.717) is 0 Å². The number of nitrogens with zero attached hydrogens (tertiary/aromatic N) is 3. The number of carbonyl (C=O) groups is 1. The molecular weight excluding hydrogens is 382 g/mol. The number of hydrogen-bond acceptors (Lipinski definition) is 9. The number of nitrogens with one attached hydrogen (secondary N) is 1. The first-order valence-corrected chi connectivity index (χ1v) is 10.00. The predicted octanol–water partition coefficient (Wildman–Crippen LogP) is 1.96. The van der Waals surface area contributed by atoms with Crippen molar-refractivity contribution in [2.24, 2.45) is 0 Å². The van der Waals surface area contributed by atoms with Gasteiger partial charge in [-0.25, -0.2) is 13.2 Å². The number of hydrogen-bond donors (Lipinski definition) is 2. The van der Waals surface area contributed by atoms with Crippen LogP contribution in [0.2, 0.25) is 0 Å². The Kier molecular flexibility index (Phi) is 5.50. The van der Waals surface area contributed by atoms with Gasteiger partial charge in [0.1, 0.15) is 0 Å². The minimum atomic E-state index is -3.34. The Bertz CT molecular complexity index is 1090. The highest BCUT2D eigenvalue weighted by Crippen LogP contribution is 2.14. The van der Waals surface area contributed by atoms with E-state index in [2.05, 4.69) is 20.3 Å². The number of carbonyl (C=O) groups excluding carboxylic acids is 1. The Labute approximate surface area is 161 Å². The molecule has 0 aliphatic rings. The minimum Gasteiger partial charge on any atom is -0.454 e. The molecule has 0 spiro atoms. The first-order valence-electron chi connectivity index (χ1n) is 8.11. The van der Waals surface area contributed by atoms with Crippen LogP contribution in [-0.4, -0.2) is 35.6 Å². The second kappa shape index (κ2) is 8.01. The molecule has 1 heterocycles. The maximum absolute atomic E-state index is 12.2. The van der Waals surface area contributed by atoms with Crippen LogP contribution in [0.15, 0.2) is 59.5 Å². The molecule has 0 amide bonds. The summed E-state index contributed by atoms with van der Waals surface area (Å²) in [5, 5.41) is 2.99. The van der Waals surface area contributed by atoms with Crippen molar-refractivity contribution in [3.63, 3.8) is 0 Å². The Hall–Kier alpha value is -3.53. The molecule has 0 unspecified atom stereocenters. The summed E-state index contributed by atoms with van der Waals surface area (Å²) in [5.74, 6) is -0.261. The lowest BCUT2D eigenvalue weighted by Gasteiger charge is -2.08. The summed E-state index contributed by atoms with van der Waals surface area (Å²) in [4.78, 5) is 24.4. The fourth-order valence-electron chi connectivity index (χ4n) is 2.26. The molecule has 28 heavy (non-hydrogen) atoms. The first kappa shape index (κ1) is 19.2. The van der Waals surface area contributed by atoms with E-state index in [9.17, 15) is 13.2 Å². The van der Waals surface area contributed by atoms with Crippen LogP contribution < -0.4 is 11.1 Å². The van der Waals surface area contributed by atoms with Gasteiger partial charge in [0, 0.05) is 11.9 Å². The van der Waals surface area contributed by atoms with Crippen LogP contribution in [0.1, 0.15) is 16.2 Å². The second-order valence-electron chi connectivity index (χ2n) is 5.80. The lowest BCUT2D eigenvalue weighted by molar-refractivity contribution is 0.0462. The molecule has 0 saturated heterocycles. The fraction of sp³-hybridized carbons (Fsp3) is 0.111. The van der Waals surface area contributed by atoms with Crippen molar-refractivity contribution >= 4 is 33.4 Å². The minimum absolute atomic E-state index is 0.0167. The standard InChI is InChI=1S/C18H17N5O4S/c1-28(25,26)14-9-7-12(8-10-14)16(24)27-11-15-21-17(19)23-18(22-15)20-13-5-3-2-4-6-13/h2-10H,11H2,1H3,(H3,19,20,21,22,23). The van der Waals surface area contributed by atoms with Crippen molar-refractivity contribution in [3.8, 4) is 0 Å². The maximum atomic E-state index is 12.2. The van der Waals surface area contributed by atoms with Gasteiger partial charge in [-0.15, -0.1) is 0 Å². The maximum Gasteiger partial charge on any atom is 0.338 e. The summed E-state index contributed by atoms with van der Waals surface area (Å²) in [6.45, 7) is -0.219. The summed E-state index contributed by atoms with van der Waals surface area (Å²) < 4.78 is 28.1. The number of esters is 1. The van der Waals surface area contributed by atoms with Crippen molar-refractivity contribution in [2.75, 3.05) is 17.3 Å². The normalized spacial score (nSPS) is 11.0. The molecule has 3 N–H and O–H groups in total. The third-order valence-corrected chi connectivity index (χ3v) is 4.71. The summed E-state index contributed by atoms with van der Waals surface area (Å²) in [6.07, 6.45) is 1.09. The van der Waals surface area contributed by atoms with Crippen LogP contribution in [-0.2, 0) is 21.2 Å². The molecule has 10 heteroatoms. The van der Waals surface area contributed by atoms with Crippen molar-refractivity contribution in [3.05, 3.63) is 66.0 Å². The van der Waals surface area contributed by atoms with E-state index < -0.39 is 15.8 Å². The fourth-order valence-corrected chi connectivity index (χ4v) is 2.89. The summed E-state index contributed by atoms with van der Waals surface area (Å²) in [6, 6.07) is 14.7. The number of nitrogens with two attached hydrogens (primary N) is 1. The zero-order chi connectivity index (χ0) is 20.1. The van der Waals surface area contributed by atoms with Gasteiger partial charge in [0.05, 0.1) is 10.5 Å². The SMILES string of the molecule is CS(=O)(=O)c1ccc(C(=O)OCc2nc(N)nc(Nc3ccccc3)n2)cc1. The number of para-hydroxylation sites is 1. The summed E-state index contributed by atoms with van der Waals surface area (Å²) in [5.41, 5.74) is 6.66. The lowest BCUT2D eigenvalue weighted by atomic mass is 10.2. The van der Waals surface area contributed by atoms with Gasteiger partial charge in [-0.2, -0.15) is 15.0 Å². The molecule has 0 atom stereocenters. The van der Waals surface area contributed by atoms with Crippen LogP contribution in [0.4, 0.5) is 17.6 Å². The summed E-state index contributed by atoms with van der Waals surface area (Å²) >= 11 is 0. The second-order valence-corrected chi connectivity index (χ2v) is 7.81. The van der Waals surface area contributed by atoms with Gasteiger partial charge in [0.15, 0.2) is 22.3 Å². The van der Waals surface area contributed by atoms with Gasteiger partial charge in [-0.05, 0) is 36.4 Å². The molecule has 2 aromatic carbocycles. The first-order chi connectivity index (χ1) is 13.3. The van der Waals surface area contributed by atoms with Gasteiger partial charge < -0.3 is 15.8 Å². The van der Waals surface area contributed by atoms with E-state index in [0.717, 1.165) is 11.9 Å². The highest BCUT2D eigenvalue weighted by Gasteiger charge is 2.13. The Morgan fingerprint density at radius 2 is 1.71 bits per heavy atom. The number of nitrogen functional groups attached to an aromatic ring is 1. The van der Waals surface area contributed by atoms with Gasteiger partial charge in [0.25, 0.3) is 0 Å². The zero-order valence-electron chi connectivity index (χ0n) is 14.9. The van der Waals surface area contributed by atoms with Crippen molar-refractivity contribution in [1.29, 1.82) is 0 Å². The van der Waals surface area contributed by atoms with Crippen LogP contribution in [0.5, 0.6) is 0 Å². The van der Waals surface area contributed by atoms with Crippen molar-refractivity contribution in [2.45, 2.75) is 11.5 Å². The number of anilines is 3. The van der Waals surface area contributed by atoms with Crippen LogP contribution in [0, 0.1) is 0 Å².